The van der Waals surface area contributed by atoms with Crippen molar-refractivity contribution in [3.63, 3.8) is 0 Å². The summed E-state index contributed by atoms with van der Waals surface area (Å²) < 4.78 is 0. The highest BCUT2D eigenvalue weighted by Crippen LogP contribution is 2.21. The normalized spacial score (nSPS) is 15.0. The molecule has 8 heteroatoms. The molecule has 110 valence electrons. The zero-order valence-electron chi connectivity index (χ0n) is 10.9. The molecule has 7 nitrogen and oxygen atoms in total. The molecule has 1 aromatic rings. The zero-order chi connectivity index (χ0) is 15.4. The maximum atomic E-state index is 11.7. The molecule has 0 spiro atoms. The van der Waals surface area contributed by atoms with E-state index in [0.717, 1.165) is 4.90 Å². The van der Waals surface area contributed by atoms with E-state index in [1.807, 2.05) is 0 Å². The van der Waals surface area contributed by atoms with Gasteiger partial charge in [0.25, 0.3) is 5.91 Å². The summed E-state index contributed by atoms with van der Waals surface area (Å²) in [6, 6.07) is 5.85. The first-order valence-electron chi connectivity index (χ1n) is 6.02. The molecule has 0 aromatic heterocycles. The molecule has 1 aromatic carbocycles. The van der Waals surface area contributed by atoms with Gasteiger partial charge in [-0.2, -0.15) is 0 Å². The lowest BCUT2D eigenvalue weighted by atomic mass is 10.1. The lowest BCUT2D eigenvalue weighted by Crippen LogP contribution is -2.43. The number of imide groups is 1. The van der Waals surface area contributed by atoms with Crippen molar-refractivity contribution < 1.29 is 24.3 Å². The predicted molar refractivity (Wildman–Crippen MR) is 76.2 cm³/mol. The van der Waals surface area contributed by atoms with Crippen LogP contribution in [0.4, 0.5) is 5.69 Å². The van der Waals surface area contributed by atoms with Gasteiger partial charge in [-0.1, -0.05) is 0 Å². The van der Waals surface area contributed by atoms with Crippen LogP contribution >= 0.6 is 11.8 Å². The first-order chi connectivity index (χ1) is 9.99. The van der Waals surface area contributed by atoms with Crippen molar-refractivity contribution in [1.29, 1.82) is 0 Å². The second-order valence-electron chi connectivity index (χ2n) is 4.24. The van der Waals surface area contributed by atoms with Crippen LogP contribution in [-0.4, -0.2) is 46.8 Å². The van der Waals surface area contributed by atoms with Gasteiger partial charge in [-0.25, -0.2) is 4.90 Å². The van der Waals surface area contributed by atoms with Crippen molar-refractivity contribution in [1.82, 2.24) is 5.32 Å². The number of carbonyl (C=O) groups is 4. The minimum Gasteiger partial charge on any atom is -0.480 e. The number of thioether (sulfide) groups is 1. The van der Waals surface area contributed by atoms with E-state index in [1.54, 1.807) is 0 Å². The molecule has 0 unspecified atom stereocenters. The number of benzene rings is 1. The van der Waals surface area contributed by atoms with Gasteiger partial charge in [0.1, 0.15) is 6.54 Å². The molecule has 0 bridgehead atoms. The van der Waals surface area contributed by atoms with Crippen molar-refractivity contribution >= 4 is 41.1 Å². The highest BCUT2D eigenvalue weighted by atomic mass is 32.2. The number of carbonyl (C=O) groups excluding carboxylic acids is 3. The van der Waals surface area contributed by atoms with Crippen molar-refractivity contribution in [3.8, 4) is 0 Å². The molecule has 1 heterocycles. The van der Waals surface area contributed by atoms with E-state index in [9.17, 15) is 19.2 Å². The molecule has 1 aliphatic heterocycles. The van der Waals surface area contributed by atoms with Crippen LogP contribution in [0, 0.1) is 0 Å². The number of carboxylic acids is 1. The summed E-state index contributed by atoms with van der Waals surface area (Å²) in [5.74, 6) is -1.77. The number of amides is 3. The van der Waals surface area contributed by atoms with Crippen LogP contribution < -0.4 is 10.2 Å². The van der Waals surface area contributed by atoms with Crippen LogP contribution in [0.2, 0.25) is 0 Å². The summed E-state index contributed by atoms with van der Waals surface area (Å²) in [6.45, 7) is -0.471. The van der Waals surface area contributed by atoms with E-state index >= 15 is 0 Å². The Kier molecular flexibility index (Phi) is 4.59. The molecule has 1 saturated heterocycles. The fourth-order valence-corrected chi connectivity index (χ4v) is 2.51. The van der Waals surface area contributed by atoms with Crippen LogP contribution in [0.1, 0.15) is 10.4 Å². The number of hydrogen-bond donors (Lipinski definition) is 2. The van der Waals surface area contributed by atoms with Crippen LogP contribution in [0.15, 0.2) is 24.3 Å². The molecule has 0 radical (unpaired) electrons. The van der Waals surface area contributed by atoms with Crippen LogP contribution in [0.25, 0.3) is 0 Å². The lowest BCUT2D eigenvalue weighted by molar-refractivity contribution is -0.135. The highest BCUT2D eigenvalue weighted by Gasteiger charge is 2.27. The van der Waals surface area contributed by atoms with E-state index in [1.165, 1.54) is 36.0 Å². The minimum absolute atomic E-state index is 0.243. The molecule has 3 amide bonds. The van der Waals surface area contributed by atoms with Crippen molar-refractivity contribution in [2.45, 2.75) is 0 Å². The smallest absolute Gasteiger partial charge is 0.322 e. The van der Waals surface area contributed by atoms with Crippen LogP contribution in [-0.2, 0) is 14.4 Å². The summed E-state index contributed by atoms with van der Waals surface area (Å²) in [4.78, 5) is 46.6. The van der Waals surface area contributed by atoms with E-state index in [2.05, 4.69) is 5.32 Å². The number of anilines is 1. The quantitative estimate of drug-likeness (QED) is 0.765. The second kappa shape index (κ2) is 6.40. The summed E-state index contributed by atoms with van der Waals surface area (Å²) in [5.41, 5.74) is 0.659. The molecular formula is C13H12N2O5S. The average molecular weight is 308 g/mol. The Balaban J connectivity index is 2.11. The maximum absolute atomic E-state index is 11.7. The van der Waals surface area contributed by atoms with Gasteiger partial charge in [-0.3, -0.25) is 19.2 Å². The molecule has 21 heavy (non-hydrogen) atoms. The number of aliphatic carboxylic acids is 1. The molecule has 1 aliphatic rings. The summed E-state index contributed by atoms with van der Waals surface area (Å²) >= 11 is 1.27. The van der Waals surface area contributed by atoms with E-state index in [-0.39, 0.29) is 28.9 Å². The van der Waals surface area contributed by atoms with Gasteiger partial charge in [0, 0.05) is 5.56 Å². The van der Waals surface area contributed by atoms with E-state index in [4.69, 9.17) is 5.11 Å². The van der Waals surface area contributed by atoms with Crippen molar-refractivity contribution in [2.75, 3.05) is 23.0 Å². The number of nitrogens with one attached hydrogen (secondary N) is 1. The zero-order valence-corrected chi connectivity index (χ0v) is 11.7. The van der Waals surface area contributed by atoms with Gasteiger partial charge in [0.05, 0.1) is 17.2 Å². The number of nitrogens with zero attached hydrogens (tertiary/aromatic N) is 1. The van der Waals surface area contributed by atoms with E-state index in [0.29, 0.717) is 5.69 Å². The Morgan fingerprint density at radius 2 is 1.71 bits per heavy atom. The third-order valence-corrected chi connectivity index (χ3v) is 3.64. The molecule has 0 aliphatic carbocycles. The highest BCUT2D eigenvalue weighted by molar-refractivity contribution is 8.00. The Bertz CT molecular complexity index is 583. The number of rotatable bonds is 4. The molecule has 0 saturated carbocycles. The van der Waals surface area contributed by atoms with Crippen LogP contribution in [0.3, 0.4) is 0 Å². The molecule has 2 N–H and O–H groups in total. The van der Waals surface area contributed by atoms with Gasteiger partial charge in [0.2, 0.25) is 11.8 Å². The fourth-order valence-electron chi connectivity index (χ4n) is 1.80. The van der Waals surface area contributed by atoms with Crippen LogP contribution in [0.5, 0.6) is 0 Å². The first kappa shape index (κ1) is 15.0. The fraction of sp³-hybridized carbons (Fsp3) is 0.231. The second-order valence-corrected chi connectivity index (χ2v) is 5.22. The Morgan fingerprint density at radius 1 is 1.14 bits per heavy atom. The van der Waals surface area contributed by atoms with Gasteiger partial charge >= 0.3 is 5.97 Å². The standard InChI is InChI=1S/C13H12N2O5S/c16-10-6-21-7-11(17)15(10)9-3-1-8(2-4-9)13(20)14-5-12(18)19/h1-4H,5-7H2,(H,14,20)(H,18,19). The van der Waals surface area contributed by atoms with Gasteiger partial charge in [-0.15, -0.1) is 11.8 Å². The Labute approximate surface area is 124 Å². The SMILES string of the molecule is O=C(O)CNC(=O)c1ccc(N2C(=O)CSCC2=O)cc1. The topological polar surface area (TPSA) is 104 Å². The molecule has 1 fully saturated rings. The van der Waals surface area contributed by atoms with Crippen molar-refractivity contribution in [3.05, 3.63) is 29.8 Å². The largest absolute Gasteiger partial charge is 0.480 e. The monoisotopic (exact) mass is 308 g/mol. The predicted octanol–water partition coefficient (Wildman–Crippen LogP) is 0.107. The third kappa shape index (κ3) is 3.60. The molecule has 2 rings (SSSR count). The van der Waals surface area contributed by atoms with Crippen molar-refractivity contribution in [2.24, 2.45) is 0 Å². The summed E-state index contributed by atoms with van der Waals surface area (Å²) in [7, 11) is 0. The third-order valence-electron chi connectivity index (χ3n) is 2.74. The first-order valence-corrected chi connectivity index (χ1v) is 7.18. The minimum atomic E-state index is -1.14. The molecule has 0 atom stereocenters. The summed E-state index contributed by atoms with van der Waals surface area (Å²) in [6.07, 6.45) is 0. The Hall–Kier alpha value is -2.35. The number of hydrogen-bond acceptors (Lipinski definition) is 5. The summed E-state index contributed by atoms with van der Waals surface area (Å²) in [5, 5.41) is 10.7. The number of carboxylic acid groups (broad SMARTS) is 1. The van der Waals surface area contributed by atoms with Gasteiger partial charge in [0.15, 0.2) is 0 Å². The van der Waals surface area contributed by atoms with E-state index < -0.39 is 18.4 Å². The molecular weight excluding hydrogens is 296 g/mol. The lowest BCUT2D eigenvalue weighted by Gasteiger charge is -2.24. The van der Waals surface area contributed by atoms with Gasteiger partial charge < -0.3 is 10.4 Å². The van der Waals surface area contributed by atoms with Gasteiger partial charge in [-0.05, 0) is 24.3 Å². The Morgan fingerprint density at radius 3 is 2.24 bits per heavy atom. The maximum Gasteiger partial charge on any atom is 0.322 e. The average Bonchev–Trinajstić information content (AvgIpc) is 2.45.